The molecule has 0 fully saturated rings. The lowest BCUT2D eigenvalue weighted by molar-refractivity contribution is -0.141. The number of alkyl halides is 3. The number of nitrogens with two attached hydrogens (primary N) is 1. The number of rotatable bonds is 2. The SMILES string of the molecule is Cc1cc(F)ccc1Oc1cnc(C(F)(F)F)c(C)c1N. The Bertz CT molecular complexity index is 683. The maximum Gasteiger partial charge on any atom is 0.433 e. The highest BCUT2D eigenvalue weighted by molar-refractivity contribution is 5.60. The van der Waals surface area contributed by atoms with E-state index in [0.717, 1.165) is 6.20 Å². The van der Waals surface area contributed by atoms with E-state index >= 15 is 0 Å². The Labute approximate surface area is 118 Å². The molecule has 0 aliphatic carbocycles. The Morgan fingerprint density at radius 3 is 2.38 bits per heavy atom. The quantitative estimate of drug-likeness (QED) is 0.844. The number of anilines is 1. The van der Waals surface area contributed by atoms with Crippen LogP contribution in [0.5, 0.6) is 11.5 Å². The van der Waals surface area contributed by atoms with Gasteiger partial charge < -0.3 is 10.5 Å². The summed E-state index contributed by atoms with van der Waals surface area (Å²) in [7, 11) is 0. The normalized spacial score (nSPS) is 11.5. The number of aryl methyl sites for hydroxylation is 1. The first-order chi connectivity index (χ1) is 9.70. The van der Waals surface area contributed by atoms with Crippen molar-refractivity contribution >= 4 is 5.69 Å². The fourth-order valence-electron chi connectivity index (χ4n) is 1.81. The molecule has 1 heterocycles. The van der Waals surface area contributed by atoms with Gasteiger partial charge in [0.15, 0.2) is 5.75 Å². The fourth-order valence-corrected chi connectivity index (χ4v) is 1.81. The molecule has 3 nitrogen and oxygen atoms in total. The number of aromatic nitrogens is 1. The average molecular weight is 300 g/mol. The van der Waals surface area contributed by atoms with Gasteiger partial charge in [-0.1, -0.05) is 0 Å². The summed E-state index contributed by atoms with van der Waals surface area (Å²) in [5.74, 6) is -0.145. The van der Waals surface area contributed by atoms with Crippen LogP contribution < -0.4 is 10.5 Å². The highest BCUT2D eigenvalue weighted by Crippen LogP contribution is 2.37. The minimum atomic E-state index is -4.58. The van der Waals surface area contributed by atoms with Crippen molar-refractivity contribution in [3.05, 3.63) is 47.0 Å². The lowest BCUT2D eigenvalue weighted by Crippen LogP contribution is -2.12. The summed E-state index contributed by atoms with van der Waals surface area (Å²) >= 11 is 0. The number of pyridine rings is 1. The van der Waals surface area contributed by atoms with E-state index in [4.69, 9.17) is 10.5 Å². The van der Waals surface area contributed by atoms with Crippen LogP contribution >= 0.6 is 0 Å². The third-order valence-corrected chi connectivity index (χ3v) is 2.96. The molecule has 0 unspecified atom stereocenters. The lowest BCUT2D eigenvalue weighted by atomic mass is 10.1. The van der Waals surface area contributed by atoms with E-state index in [0.29, 0.717) is 11.3 Å². The molecule has 112 valence electrons. The molecule has 0 aliphatic rings. The third kappa shape index (κ3) is 3.07. The first-order valence-corrected chi connectivity index (χ1v) is 5.96. The lowest BCUT2D eigenvalue weighted by Gasteiger charge is -2.15. The minimum Gasteiger partial charge on any atom is -0.453 e. The molecular formula is C14H12F4N2O. The van der Waals surface area contributed by atoms with E-state index < -0.39 is 17.7 Å². The standard InChI is InChI=1S/C14H12F4N2O/c1-7-5-9(15)3-4-10(7)21-11-6-20-13(14(16,17)18)8(2)12(11)19/h3-6H,1-2H3,(H2,19,20). The van der Waals surface area contributed by atoms with E-state index in [1.54, 1.807) is 6.92 Å². The van der Waals surface area contributed by atoms with Gasteiger partial charge in [-0.05, 0) is 37.6 Å². The second-order valence-electron chi connectivity index (χ2n) is 4.52. The van der Waals surface area contributed by atoms with Crippen molar-refractivity contribution in [3.8, 4) is 11.5 Å². The van der Waals surface area contributed by atoms with Crippen molar-refractivity contribution in [1.29, 1.82) is 0 Å². The molecule has 2 N–H and O–H groups in total. The van der Waals surface area contributed by atoms with E-state index in [1.807, 2.05) is 0 Å². The third-order valence-electron chi connectivity index (χ3n) is 2.96. The maximum atomic E-state index is 13.0. The second-order valence-corrected chi connectivity index (χ2v) is 4.52. The molecule has 1 aromatic carbocycles. The predicted molar refractivity (Wildman–Crippen MR) is 69.6 cm³/mol. The van der Waals surface area contributed by atoms with E-state index in [1.165, 1.54) is 25.1 Å². The topological polar surface area (TPSA) is 48.1 Å². The van der Waals surface area contributed by atoms with Gasteiger partial charge in [0.05, 0.1) is 11.9 Å². The molecule has 1 aromatic heterocycles. The zero-order chi connectivity index (χ0) is 15.8. The van der Waals surface area contributed by atoms with E-state index in [-0.39, 0.29) is 17.0 Å². The number of nitrogen functional groups attached to an aromatic ring is 1. The Kier molecular flexibility index (Phi) is 3.76. The highest BCUT2D eigenvalue weighted by Gasteiger charge is 2.35. The van der Waals surface area contributed by atoms with Crippen molar-refractivity contribution in [2.24, 2.45) is 0 Å². The molecule has 0 aliphatic heterocycles. The zero-order valence-electron chi connectivity index (χ0n) is 11.3. The molecule has 2 rings (SSSR count). The fraction of sp³-hybridized carbons (Fsp3) is 0.214. The van der Waals surface area contributed by atoms with Crippen LogP contribution in [-0.4, -0.2) is 4.98 Å². The van der Waals surface area contributed by atoms with Gasteiger partial charge in [0.1, 0.15) is 17.3 Å². The Balaban J connectivity index is 2.40. The number of benzene rings is 1. The van der Waals surface area contributed by atoms with Crippen molar-refractivity contribution in [2.75, 3.05) is 5.73 Å². The van der Waals surface area contributed by atoms with Crippen molar-refractivity contribution in [1.82, 2.24) is 4.98 Å². The van der Waals surface area contributed by atoms with Gasteiger partial charge in [0.2, 0.25) is 0 Å². The largest absolute Gasteiger partial charge is 0.453 e. The summed E-state index contributed by atoms with van der Waals surface area (Å²) in [6, 6.07) is 3.80. The zero-order valence-corrected chi connectivity index (χ0v) is 11.3. The summed E-state index contributed by atoms with van der Waals surface area (Å²) in [6.07, 6.45) is -3.67. The van der Waals surface area contributed by atoms with Crippen molar-refractivity contribution in [2.45, 2.75) is 20.0 Å². The first kappa shape index (κ1) is 15.1. The molecule has 7 heteroatoms. The number of halogens is 4. The number of hydrogen-bond donors (Lipinski definition) is 1. The highest BCUT2D eigenvalue weighted by atomic mass is 19.4. The molecule has 2 aromatic rings. The van der Waals surface area contributed by atoms with Gasteiger partial charge >= 0.3 is 6.18 Å². The van der Waals surface area contributed by atoms with Crippen LogP contribution in [0, 0.1) is 19.7 Å². The van der Waals surface area contributed by atoms with E-state index in [2.05, 4.69) is 4.98 Å². The predicted octanol–water partition coefficient (Wildman–Crippen LogP) is 4.23. The van der Waals surface area contributed by atoms with Crippen molar-refractivity contribution in [3.63, 3.8) is 0 Å². The molecule has 0 saturated heterocycles. The smallest absolute Gasteiger partial charge is 0.433 e. The van der Waals surface area contributed by atoms with Crippen LogP contribution in [0.3, 0.4) is 0 Å². The van der Waals surface area contributed by atoms with Gasteiger partial charge in [-0.2, -0.15) is 13.2 Å². The monoisotopic (exact) mass is 300 g/mol. The average Bonchev–Trinajstić information content (AvgIpc) is 2.36. The summed E-state index contributed by atoms with van der Waals surface area (Å²) in [6.45, 7) is 2.83. The summed E-state index contributed by atoms with van der Waals surface area (Å²) in [5.41, 5.74) is 4.75. The first-order valence-electron chi connectivity index (χ1n) is 5.96. The molecule has 0 bridgehead atoms. The summed E-state index contributed by atoms with van der Waals surface area (Å²) in [5, 5.41) is 0. The number of ether oxygens (including phenoxy) is 1. The number of nitrogens with zero attached hydrogens (tertiary/aromatic N) is 1. The molecular weight excluding hydrogens is 288 g/mol. The Morgan fingerprint density at radius 2 is 1.81 bits per heavy atom. The molecule has 0 saturated carbocycles. The van der Waals surface area contributed by atoms with Crippen LogP contribution in [0.25, 0.3) is 0 Å². The van der Waals surface area contributed by atoms with Crippen LogP contribution in [0.2, 0.25) is 0 Å². The maximum absolute atomic E-state index is 13.0. The van der Waals surface area contributed by atoms with Crippen LogP contribution in [0.15, 0.2) is 24.4 Å². The second kappa shape index (κ2) is 5.23. The number of hydrogen-bond acceptors (Lipinski definition) is 3. The molecule has 0 atom stereocenters. The van der Waals surface area contributed by atoms with Gasteiger partial charge in [0.25, 0.3) is 0 Å². The van der Waals surface area contributed by atoms with Crippen LogP contribution in [-0.2, 0) is 6.18 Å². The van der Waals surface area contributed by atoms with Gasteiger partial charge in [-0.15, -0.1) is 0 Å². The minimum absolute atomic E-state index is 0.00444. The van der Waals surface area contributed by atoms with Gasteiger partial charge in [0, 0.05) is 5.56 Å². The van der Waals surface area contributed by atoms with Gasteiger partial charge in [-0.25, -0.2) is 9.37 Å². The van der Waals surface area contributed by atoms with Crippen LogP contribution in [0.1, 0.15) is 16.8 Å². The van der Waals surface area contributed by atoms with Crippen molar-refractivity contribution < 1.29 is 22.3 Å². The molecule has 21 heavy (non-hydrogen) atoms. The summed E-state index contributed by atoms with van der Waals surface area (Å²) in [4.78, 5) is 3.35. The Morgan fingerprint density at radius 1 is 1.14 bits per heavy atom. The summed E-state index contributed by atoms with van der Waals surface area (Å²) < 4.78 is 56.5. The van der Waals surface area contributed by atoms with Crippen LogP contribution in [0.4, 0.5) is 23.2 Å². The molecule has 0 radical (unpaired) electrons. The molecule has 0 amide bonds. The van der Waals surface area contributed by atoms with E-state index in [9.17, 15) is 17.6 Å². The van der Waals surface area contributed by atoms with Gasteiger partial charge in [-0.3, -0.25) is 0 Å². The molecule has 0 spiro atoms. The Hall–Kier alpha value is -2.31.